The lowest BCUT2D eigenvalue weighted by atomic mass is 10.1. The van der Waals surface area contributed by atoms with E-state index in [1.807, 2.05) is 12.1 Å². The summed E-state index contributed by atoms with van der Waals surface area (Å²) in [5.41, 5.74) is 7.49. The van der Waals surface area contributed by atoms with E-state index in [0.29, 0.717) is 29.2 Å². The van der Waals surface area contributed by atoms with Crippen LogP contribution in [-0.4, -0.2) is 13.1 Å². The summed E-state index contributed by atoms with van der Waals surface area (Å²) in [5, 5.41) is 8.62. The van der Waals surface area contributed by atoms with Crippen molar-refractivity contribution in [1.82, 2.24) is 0 Å². The summed E-state index contributed by atoms with van der Waals surface area (Å²) in [7, 11) is 1.31. The van der Waals surface area contributed by atoms with Crippen LogP contribution >= 0.6 is 0 Å². The van der Waals surface area contributed by atoms with Crippen molar-refractivity contribution >= 4 is 11.7 Å². The molecular weight excluding hydrogens is 268 g/mol. The molecule has 0 amide bonds. The topological polar surface area (TPSA) is 85.3 Å². The summed E-state index contributed by atoms with van der Waals surface area (Å²) >= 11 is 0. The molecule has 5 nitrogen and oxygen atoms in total. The average molecular weight is 282 g/mol. The lowest BCUT2D eigenvalue weighted by molar-refractivity contribution is 0.0601. The number of methoxy groups -OCH3 is 1. The van der Waals surface area contributed by atoms with Gasteiger partial charge in [0.15, 0.2) is 0 Å². The van der Waals surface area contributed by atoms with E-state index in [2.05, 4.69) is 10.8 Å². The van der Waals surface area contributed by atoms with Gasteiger partial charge in [-0.15, -0.1) is 0 Å². The minimum absolute atomic E-state index is 0.346. The molecule has 0 saturated carbocycles. The normalized spacial score (nSPS) is 9.71. The van der Waals surface area contributed by atoms with Crippen molar-refractivity contribution in [3.63, 3.8) is 0 Å². The molecule has 5 heteroatoms. The van der Waals surface area contributed by atoms with Crippen LogP contribution in [0.15, 0.2) is 42.5 Å². The molecule has 106 valence electrons. The Morgan fingerprint density at radius 2 is 1.95 bits per heavy atom. The highest BCUT2D eigenvalue weighted by molar-refractivity contribution is 5.90. The van der Waals surface area contributed by atoms with Gasteiger partial charge in [-0.3, -0.25) is 0 Å². The number of nitrogen functional groups attached to an aromatic ring is 1. The number of rotatable bonds is 4. The third-order valence-electron chi connectivity index (χ3n) is 2.87. The number of nitrogens with two attached hydrogens (primary N) is 1. The minimum atomic E-state index is -0.450. The van der Waals surface area contributed by atoms with Gasteiger partial charge in [0.2, 0.25) is 0 Å². The van der Waals surface area contributed by atoms with Gasteiger partial charge in [0.05, 0.1) is 30.9 Å². The number of nitriles is 1. The van der Waals surface area contributed by atoms with E-state index in [-0.39, 0.29) is 0 Å². The van der Waals surface area contributed by atoms with Crippen molar-refractivity contribution in [2.45, 2.75) is 6.42 Å². The predicted octanol–water partition coefficient (Wildman–Crippen LogP) is 2.91. The van der Waals surface area contributed by atoms with E-state index >= 15 is 0 Å². The third-order valence-corrected chi connectivity index (χ3v) is 2.87. The predicted molar refractivity (Wildman–Crippen MR) is 78.0 cm³/mol. The van der Waals surface area contributed by atoms with Gasteiger partial charge in [0.1, 0.15) is 11.5 Å². The van der Waals surface area contributed by atoms with E-state index in [9.17, 15) is 4.79 Å². The molecule has 0 unspecified atom stereocenters. The van der Waals surface area contributed by atoms with Crippen LogP contribution in [0.2, 0.25) is 0 Å². The summed E-state index contributed by atoms with van der Waals surface area (Å²) in [6.45, 7) is 0. The molecule has 0 aromatic heterocycles. The maximum absolute atomic E-state index is 11.4. The van der Waals surface area contributed by atoms with Crippen LogP contribution in [0.4, 0.5) is 5.69 Å². The van der Waals surface area contributed by atoms with Crippen molar-refractivity contribution in [3.05, 3.63) is 53.6 Å². The Bertz CT molecular complexity index is 688. The Balaban J connectivity index is 2.16. The molecule has 2 aromatic rings. The van der Waals surface area contributed by atoms with Crippen LogP contribution in [0.25, 0.3) is 0 Å². The van der Waals surface area contributed by atoms with E-state index in [0.717, 1.165) is 5.56 Å². The van der Waals surface area contributed by atoms with Crippen LogP contribution in [0.3, 0.4) is 0 Å². The number of nitrogens with zero attached hydrogens (tertiary/aromatic N) is 1. The van der Waals surface area contributed by atoms with Crippen LogP contribution in [-0.2, 0) is 11.2 Å². The molecule has 2 rings (SSSR count). The van der Waals surface area contributed by atoms with Crippen molar-refractivity contribution in [2.24, 2.45) is 0 Å². The highest BCUT2D eigenvalue weighted by Gasteiger charge is 2.09. The highest BCUT2D eigenvalue weighted by Crippen LogP contribution is 2.28. The molecule has 21 heavy (non-hydrogen) atoms. The highest BCUT2D eigenvalue weighted by atomic mass is 16.5. The number of carbonyl (C=O) groups is 1. The first-order valence-electron chi connectivity index (χ1n) is 6.25. The fraction of sp³-hybridized carbons (Fsp3) is 0.125. The summed E-state index contributed by atoms with van der Waals surface area (Å²) in [6.07, 6.45) is 0.357. The fourth-order valence-electron chi connectivity index (χ4n) is 1.78. The van der Waals surface area contributed by atoms with E-state index in [1.54, 1.807) is 24.3 Å². The first-order valence-corrected chi connectivity index (χ1v) is 6.25. The Morgan fingerprint density at radius 3 is 2.52 bits per heavy atom. The first kappa shape index (κ1) is 14.4. The van der Waals surface area contributed by atoms with Gasteiger partial charge >= 0.3 is 5.97 Å². The quantitative estimate of drug-likeness (QED) is 0.688. The SMILES string of the molecule is COC(=O)c1ccc(Oc2ccc(CC#N)cc2)c(N)c1. The maximum Gasteiger partial charge on any atom is 0.337 e. The second-order valence-electron chi connectivity index (χ2n) is 4.33. The lowest BCUT2D eigenvalue weighted by Crippen LogP contribution is -2.02. The first-order chi connectivity index (χ1) is 10.1. The standard InChI is InChI=1S/C16H14N2O3/c1-20-16(19)12-4-7-15(14(18)10-12)21-13-5-2-11(3-6-13)8-9-17/h2-7,10H,8,18H2,1H3. The monoisotopic (exact) mass is 282 g/mol. The zero-order valence-corrected chi connectivity index (χ0v) is 11.5. The van der Waals surface area contributed by atoms with Gasteiger partial charge in [0.25, 0.3) is 0 Å². The number of carbonyl (C=O) groups excluding carboxylic acids is 1. The molecule has 0 aliphatic carbocycles. The summed E-state index contributed by atoms with van der Waals surface area (Å²) in [6, 6.07) is 13.9. The Morgan fingerprint density at radius 1 is 1.24 bits per heavy atom. The van der Waals surface area contributed by atoms with Gasteiger partial charge in [-0.1, -0.05) is 12.1 Å². The van der Waals surface area contributed by atoms with Crippen molar-refractivity contribution < 1.29 is 14.3 Å². The number of hydrogen-bond donors (Lipinski definition) is 1. The van der Waals surface area contributed by atoms with Crippen LogP contribution in [0.5, 0.6) is 11.5 Å². The van der Waals surface area contributed by atoms with Crippen molar-refractivity contribution in [2.75, 3.05) is 12.8 Å². The van der Waals surface area contributed by atoms with Gasteiger partial charge in [-0.25, -0.2) is 4.79 Å². The number of benzene rings is 2. The molecule has 2 N–H and O–H groups in total. The molecule has 0 bridgehead atoms. The van der Waals surface area contributed by atoms with Gasteiger partial charge in [-0.05, 0) is 35.9 Å². The van der Waals surface area contributed by atoms with Gasteiger partial charge in [-0.2, -0.15) is 5.26 Å². The zero-order valence-electron chi connectivity index (χ0n) is 11.5. The largest absolute Gasteiger partial charge is 0.465 e. The second kappa shape index (κ2) is 6.44. The van der Waals surface area contributed by atoms with Crippen molar-refractivity contribution in [3.8, 4) is 17.6 Å². The van der Waals surface area contributed by atoms with E-state index < -0.39 is 5.97 Å². The van der Waals surface area contributed by atoms with Crippen LogP contribution < -0.4 is 10.5 Å². The summed E-state index contributed by atoms with van der Waals surface area (Å²) in [5.74, 6) is 0.610. The molecule has 0 fully saturated rings. The average Bonchev–Trinajstić information content (AvgIpc) is 2.50. The molecule has 0 radical (unpaired) electrons. The molecule has 0 heterocycles. The third kappa shape index (κ3) is 3.51. The smallest absolute Gasteiger partial charge is 0.337 e. The summed E-state index contributed by atoms with van der Waals surface area (Å²) in [4.78, 5) is 11.4. The van der Waals surface area contributed by atoms with Crippen LogP contribution in [0, 0.1) is 11.3 Å². The molecular formula is C16H14N2O3. The molecule has 0 aliphatic heterocycles. The fourth-order valence-corrected chi connectivity index (χ4v) is 1.78. The Hall–Kier alpha value is -3.00. The zero-order chi connectivity index (χ0) is 15.2. The number of ether oxygens (including phenoxy) is 2. The Labute approximate surface area is 122 Å². The van der Waals surface area contributed by atoms with Gasteiger partial charge < -0.3 is 15.2 Å². The number of esters is 1. The molecule has 0 aliphatic rings. The Kier molecular flexibility index (Phi) is 4.42. The number of hydrogen-bond acceptors (Lipinski definition) is 5. The lowest BCUT2D eigenvalue weighted by Gasteiger charge is -2.10. The van der Waals surface area contributed by atoms with Gasteiger partial charge in [0, 0.05) is 0 Å². The maximum atomic E-state index is 11.4. The number of anilines is 1. The molecule has 0 spiro atoms. The van der Waals surface area contributed by atoms with Crippen molar-refractivity contribution in [1.29, 1.82) is 5.26 Å². The molecule has 0 saturated heterocycles. The van der Waals surface area contributed by atoms with E-state index in [1.165, 1.54) is 13.2 Å². The molecule has 0 atom stereocenters. The molecule has 2 aromatic carbocycles. The van der Waals surface area contributed by atoms with E-state index in [4.69, 9.17) is 15.7 Å². The summed E-state index contributed by atoms with van der Waals surface area (Å²) < 4.78 is 10.3. The van der Waals surface area contributed by atoms with Crippen LogP contribution in [0.1, 0.15) is 15.9 Å². The minimum Gasteiger partial charge on any atom is -0.465 e. The second-order valence-corrected chi connectivity index (χ2v) is 4.33.